The molecule has 2 amide bonds. The minimum absolute atomic E-state index is 0.0210. The average Bonchev–Trinajstić information content (AvgIpc) is 3.24. The van der Waals surface area contributed by atoms with Crippen LogP contribution in [0.1, 0.15) is 31.1 Å². The fourth-order valence-corrected chi connectivity index (χ4v) is 3.59. The third kappa shape index (κ3) is 6.40. The molecule has 32 heavy (non-hydrogen) atoms. The number of benzene rings is 2. The van der Waals surface area contributed by atoms with Crippen molar-refractivity contribution in [3.8, 4) is 11.5 Å². The minimum atomic E-state index is -0.614. The first-order chi connectivity index (χ1) is 15.3. The van der Waals surface area contributed by atoms with Gasteiger partial charge in [0, 0.05) is 22.7 Å². The average molecular weight is 459 g/mol. The molecular weight excluding hydrogens is 432 g/mol. The van der Waals surface area contributed by atoms with Gasteiger partial charge in [-0.25, -0.2) is 4.79 Å². The summed E-state index contributed by atoms with van der Waals surface area (Å²) in [5.74, 6) is 0.372. The summed E-state index contributed by atoms with van der Waals surface area (Å²) in [6, 6.07) is 11.9. The van der Waals surface area contributed by atoms with Gasteiger partial charge in [0.25, 0.3) is 5.91 Å². The summed E-state index contributed by atoms with van der Waals surface area (Å²) in [7, 11) is 0. The topological polar surface area (TPSA) is 103 Å². The lowest BCUT2D eigenvalue weighted by molar-refractivity contribution is -0.125. The van der Waals surface area contributed by atoms with E-state index >= 15 is 0 Å². The molecule has 1 aliphatic rings. The number of rotatable bonds is 9. The second-order valence-electron chi connectivity index (χ2n) is 7.58. The highest BCUT2D eigenvalue weighted by Crippen LogP contribution is 2.34. The SMILES string of the molecule is CC(C)[C@@H](C)NC(=O)COC(=O)c1ccccc1SCC(=O)Nc1ccc2c(c1)OCO2. The first-order valence-electron chi connectivity index (χ1n) is 10.2. The third-order valence-electron chi connectivity index (χ3n) is 4.85. The molecule has 0 saturated heterocycles. The van der Waals surface area contributed by atoms with Crippen LogP contribution < -0.4 is 20.1 Å². The summed E-state index contributed by atoms with van der Waals surface area (Å²) < 4.78 is 15.7. The van der Waals surface area contributed by atoms with Gasteiger partial charge in [-0.2, -0.15) is 0 Å². The Bertz CT molecular complexity index is 994. The van der Waals surface area contributed by atoms with E-state index in [2.05, 4.69) is 10.6 Å². The van der Waals surface area contributed by atoms with Gasteiger partial charge in [0.1, 0.15) is 0 Å². The number of carbonyl (C=O) groups excluding carboxylic acids is 3. The predicted molar refractivity (Wildman–Crippen MR) is 121 cm³/mol. The predicted octanol–water partition coefficient (Wildman–Crippen LogP) is 3.46. The van der Waals surface area contributed by atoms with Crippen LogP contribution in [0.15, 0.2) is 47.4 Å². The van der Waals surface area contributed by atoms with Crippen molar-refractivity contribution in [2.24, 2.45) is 5.92 Å². The standard InChI is InChI=1S/C23H26N2O6S/c1-14(2)15(3)24-21(26)11-29-23(28)17-6-4-5-7-20(17)32-12-22(27)25-16-8-9-18-19(10-16)31-13-30-18/h4-10,14-15H,11-13H2,1-3H3,(H,24,26)(H,25,27)/t15-/m1/s1. The summed E-state index contributed by atoms with van der Waals surface area (Å²) in [4.78, 5) is 37.4. The number of carbonyl (C=O) groups is 3. The number of nitrogens with one attached hydrogen (secondary N) is 2. The van der Waals surface area contributed by atoms with Gasteiger partial charge in [0.05, 0.1) is 11.3 Å². The van der Waals surface area contributed by atoms with E-state index in [0.717, 1.165) is 0 Å². The van der Waals surface area contributed by atoms with Crippen molar-refractivity contribution < 1.29 is 28.6 Å². The van der Waals surface area contributed by atoms with Crippen molar-refractivity contribution in [3.05, 3.63) is 48.0 Å². The molecule has 1 atom stereocenters. The summed E-state index contributed by atoms with van der Waals surface area (Å²) >= 11 is 1.21. The van der Waals surface area contributed by atoms with Gasteiger partial charge in [-0.3, -0.25) is 9.59 Å². The Morgan fingerprint density at radius 1 is 1.03 bits per heavy atom. The van der Waals surface area contributed by atoms with E-state index in [1.807, 2.05) is 20.8 Å². The maximum atomic E-state index is 12.5. The van der Waals surface area contributed by atoms with Crippen molar-refractivity contribution in [2.75, 3.05) is 24.5 Å². The van der Waals surface area contributed by atoms with Gasteiger partial charge in [-0.15, -0.1) is 11.8 Å². The van der Waals surface area contributed by atoms with E-state index in [9.17, 15) is 14.4 Å². The van der Waals surface area contributed by atoms with Gasteiger partial charge in [-0.05, 0) is 37.1 Å². The smallest absolute Gasteiger partial charge is 0.339 e. The molecule has 1 heterocycles. The maximum absolute atomic E-state index is 12.5. The number of thioether (sulfide) groups is 1. The van der Waals surface area contributed by atoms with Crippen molar-refractivity contribution in [1.29, 1.82) is 0 Å². The molecule has 9 heteroatoms. The zero-order valence-electron chi connectivity index (χ0n) is 18.2. The van der Waals surface area contributed by atoms with E-state index in [4.69, 9.17) is 14.2 Å². The third-order valence-corrected chi connectivity index (χ3v) is 5.92. The van der Waals surface area contributed by atoms with Gasteiger partial charge < -0.3 is 24.8 Å². The van der Waals surface area contributed by atoms with Crippen LogP contribution >= 0.6 is 11.8 Å². The molecule has 0 spiro atoms. The first kappa shape index (κ1) is 23.5. The fraction of sp³-hybridized carbons (Fsp3) is 0.348. The monoisotopic (exact) mass is 458 g/mol. The molecule has 0 fully saturated rings. The molecular formula is C23H26N2O6S. The largest absolute Gasteiger partial charge is 0.454 e. The van der Waals surface area contributed by atoms with E-state index in [0.29, 0.717) is 27.6 Å². The van der Waals surface area contributed by atoms with Crippen LogP contribution in [0.5, 0.6) is 11.5 Å². The second kappa shape index (κ2) is 10.9. The number of ether oxygens (including phenoxy) is 3. The van der Waals surface area contributed by atoms with Crippen LogP contribution in [0.25, 0.3) is 0 Å². The Balaban J connectivity index is 1.52. The number of amides is 2. The summed E-state index contributed by atoms with van der Waals surface area (Å²) in [6.07, 6.45) is 0. The molecule has 0 aliphatic carbocycles. The van der Waals surface area contributed by atoms with Crippen molar-refractivity contribution >= 4 is 35.2 Å². The van der Waals surface area contributed by atoms with E-state index in [1.165, 1.54) is 11.8 Å². The Morgan fingerprint density at radius 3 is 2.56 bits per heavy atom. The first-order valence-corrected chi connectivity index (χ1v) is 11.2. The van der Waals surface area contributed by atoms with Gasteiger partial charge in [0.2, 0.25) is 12.7 Å². The van der Waals surface area contributed by atoms with Crippen molar-refractivity contribution in [1.82, 2.24) is 5.32 Å². The molecule has 170 valence electrons. The van der Waals surface area contributed by atoms with Crippen LogP contribution in [0, 0.1) is 5.92 Å². The second-order valence-corrected chi connectivity index (χ2v) is 8.59. The van der Waals surface area contributed by atoms with E-state index < -0.39 is 5.97 Å². The summed E-state index contributed by atoms with van der Waals surface area (Å²) in [5, 5.41) is 5.58. The lowest BCUT2D eigenvalue weighted by atomic mass is 10.1. The zero-order valence-corrected chi connectivity index (χ0v) is 19.0. The van der Waals surface area contributed by atoms with Gasteiger partial charge in [-0.1, -0.05) is 26.0 Å². The quantitative estimate of drug-likeness (QED) is 0.438. The van der Waals surface area contributed by atoms with E-state index in [-0.39, 0.29) is 42.9 Å². The maximum Gasteiger partial charge on any atom is 0.339 e. The fourth-order valence-electron chi connectivity index (χ4n) is 2.75. The van der Waals surface area contributed by atoms with Crippen molar-refractivity contribution in [3.63, 3.8) is 0 Å². The molecule has 0 aromatic heterocycles. The van der Waals surface area contributed by atoms with Crippen LogP contribution in [-0.4, -0.2) is 43.0 Å². The number of hydrogen-bond donors (Lipinski definition) is 2. The number of fused-ring (bicyclic) bond motifs is 1. The molecule has 2 aromatic rings. The highest BCUT2D eigenvalue weighted by molar-refractivity contribution is 8.00. The van der Waals surface area contributed by atoms with Gasteiger partial charge in [0.15, 0.2) is 18.1 Å². The molecule has 2 aromatic carbocycles. The van der Waals surface area contributed by atoms with Crippen LogP contribution in [-0.2, 0) is 14.3 Å². The lowest BCUT2D eigenvalue weighted by Crippen LogP contribution is -2.38. The number of hydrogen-bond acceptors (Lipinski definition) is 7. The molecule has 0 bridgehead atoms. The molecule has 0 unspecified atom stereocenters. The van der Waals surface area contributed by atoms with Crippen LogP contribution in [0.3, 0.4) is 0 Å². The van der Waals surface area contributed by atoms with Crippen LogP contribution in [0.4, 0.5) is 5.69 Å². The number of esters is 1. The molecule has 1 aliphatic heterocycles. The zero-order chi connectivity index (χ0) is 23.1. The lowest BCUT2D eigenvalue weighted by Gasteiger charge is -2.17. The molecule has 2 N–H and O–H groups in total. The Kier molecular flexibility index (Phi) is 7.99. The van der Waals surface area contributed by atoms with Gasteiger partial charge >= 0.3 is 5.97 Å². The Morgan fingerprint density at radius 2 is 1.78 bits per heavy atom. The Hall–Kier alpha value is -3.20. The normalized spacial score (nSPS) is 12.9. The summed E-state index contributed by atoms with van der Waals surface area (Å²) in [5.41, 5.74) is 0.896. The Labute approximate surface area is 191 Å². The molecule has 0 saturated carbocycles. The molecule has 0 radical (unpaired) electrons. The minimum Gasteiger partial charge on any atom is -0.454 e. The van der Waals surface area contributed by atoms with E-state index in [1.54, 1.807) is 42.5 Å². The highest BCUT2D eigenvalue weighted by Gasteiger charge is 2.18. The number of anilines is 1. The van der Waals surface area contributed by atoms with Crippen LogP contribution in [0.2, 0.25) is 0 Å². The summed E-state index contributed by atoms with van der Waals surface area (Å²) in [6.45, 7) is 5.68. The molecule has 3 rings (SSSR count). The molecule has 8 nitrogen and oxygen atoms in total. The highest BCUT2D eigenvalue weighted by atomic mass is 32.2. The van der Waals surface area contributed by atoms with Crippen molar-refractivity contribution in [2.45, 2.75) is 31.7 Å².